The lowest BCUT2D eigenvalue weighted by molar-refractivity contribution is -0.0172. The van der Waals surface area contributed by atoms with Gasteiger partial charge in [-0.25, -0.2) is 0 Å². The van der Waals surface area contributed by atoms with Crippen LogP contribution in [0.1, 0.15) is 0 Å². The third-order valence-corrected chi connectivity index (χ3v) is 2.89. The molecule has 4 atom stereocenters. The third-order valence-electron chi connectivity index (χ3n) is 2.06. The van der Waals surface area contributed by atoms with Gasteiger partial charge in [0.25, 0.3) is 0 Å². The van der Waals surface area contributed by atoms with Crippen LogP contribution in [0, 0.1) is 0 Å². The number of aliphatic hydroxyl groups excluding tert-OH is 3. The maximum atomic E-state index is 10.6. The molecule has 8 heteroatoms. The molecule has 7 nitrogen and oxygen atoms in total. The Morgan fingerprint density at radius 1 is 1.14 bits per heavy atom. The van der Waals surface area contributed by atoms with Gasteiger partial charge in [0.2, 0.25) is 0 Å². The van der Waals surface area contributed by atoms with E-state index in [4.69, 9.17) is 19.6 Å². The second kappa shape index (κ2) is 4.24. The van der Waals surface area contributed by atoms with Crippen LogP contribution in [-0.2, 0) is 9.30 Å². The summed E-state index contributed by atoms with van der Waals surface area (Å²) in [6.45, 7) is -0.504. The molecule has 0 aromatic rings. The Hall–Kier alpha value is -0.0100. The summed E-state index contributed by atoms with van der Waals surface area (Å²) in [7, 11) is -4.29. The molecule has 0 bridgehead atoms. The van der Waals surface area contributed by atoms with Gasteiger partial charge in [-0.2, -0.15) is 0 Å². The quantitative estimate of drug-likeness (QED) is 0.342. The van der Waals surface area contributed by atoms with Crippen molar-refractivity contribution < 1.29 is 34.4 Å². The molecule has 0 aliphatic carbocycles. The summed E-state index contributed by atoms with van der Waals surface area (Å²) in [5.74, 6) is 0. The predicted molar refractivity (Wildman–Crippen MR) is 44.7 cm³/mol. The summed E-state index contributed by atoms with van der Waals surface area (Å²) in [6, 6.07) is 0. The van der Waals surface area contributed by atoms with Gasteiger partial charge in [0.05, 0.1) is 18.9 Å². The monoisotopic (exact) mass is 228 g/mol. The summed E-state index contributed by atoms with van der Waals surface area (Å²) in [5.41, 5.74) is 0. The number of rotatable bonds is 3. The van der Waals surface area contributed by atoms with Crippen molar-refractivity contribution in [3.63, 3.8) is 0 Å². The van der Waals surface area contributed by atoms with Crippen molar-refractivity contribution >= 4 is 7.60 Å². The molecule has 0 spiro atoms. The van der Waals surface area contributed by atoms with E-state index >= 15 is 0 Å². The van der Waals surface area contributed by atoms with E-state index < -0.39 is 44.8 Å². The molecule has 0 unspecified atom stereocenters. The first kappa shape index (κ1) is 12.1. The van der Waals surface area contributed by atoms with Crippen LogP contribution >= 0.6 is 7.60 Å². The fraction of sp³-hybridized carbons (Fsp3) is 1.00. The van der Waals surface area contributed by atoms with Crippen molar-refractivity contribution in [1.82, 2.24) is 0 Å². The minimum absolute atomic E-state index is 0.504. The van der Waals surface area contributed by atoms with E-state index in [1.807, 2.05) is 0 Å². The van der Waals surface area contributed by atoms with E-state index in [9.17, 15) is 14.8 Å². The molecule has 1 aliphatic rings. The van der Waals surface area contributed by atoms with Gasteiger partial charge in [-0.05, 0) is 0 Å². The highest BCUT2D eigenvalue weighted by Crippen LogP contribution is 2.38. The molecule has 1 saturated heterocycles. The number of aliphatic hydroxyl groups is 3. The lowest BCUT2D eigenvalue weighted by Gasteiger charge is -2.14. The van der Waals surface area contributed by atoms with Crippen molar-refractivity contribution in [2.75, 3.05) is 12.8 Å². The molecule has 5 N–H and O–H groups in total. The minimum Gasteiger partial charge on any atom is -0.394 e. The molecule has 0 amide bonds. The Labute approximate surface area is 80.1 Å². The zero-order valence-electron chi connectivity index (χ0n) is 7.22. The number of hydrogen-bond acceptors (Lipinski definition) is 5. The molecule has 84 valence electrons. The van der Waals surface area contributed by atoms with E-state index in [1.165, 1.54) is 0 Å². The Bertz CT molecular complexity index is 238. The minimum atomic E-state index is -4.29. The lowest BCUT2D eigenvalue weighted by atomic mass is 10.1. The van der Waals surface area contributed by atoms with Crippen LogP contribution in [0.5, 0.6) is 0 Å². The van der Waals surface area contributed by atoms with Crippen LogP contribution in [0.2, 0.25) is 0 Å². The number of ether oxygens (including phenoxy) is 1. The van der Waals surface area contributed by atoms with Gasteiger partial charge < -0.3 is 29.8 Å². The molecule has 0 saturated carbocycles. The maximum absolute atomic E-state index is 10.6. The Morgan fingerprint density at radius 2 is 1.64 bits per heavy atom. The van der Waals surface area contributed by atoms with Crippen LogP contribution in [0.25, 0.3) is 0 Å². The van der Waals surface area contributed by atoms with Gasteiger partial charge in [0.1, 0.15) is 18.3 Å². The van der Waals surface area contributed by atoms with E-state index in [0.717, 1.165) is 0 Å². The van der Waals surface area contributed by atoms with Gasteiger partial charge in [-0.15, -0.1) is 0 Å². The first-order chi connectivity index (χ1) is 6.35. The van der Waals surface area contributed by atoms with E-state index in [0.29, 0.717) is 0 Å². The van der Waals surface area contributed by atoms with Gasteiger partial charge >= 0.3 is 7.60 Å². The maximum Gasteiger partial charge on any atom is 0.328 e. The average molecular weight is 228 g/mol. The highest BCUT2D eigenvalue weighted by Gasteiger charge is 2.44. The van der Waals surface area contributed by atoms with Gasteiger partial charge in [0.15, 0.2) is 0 Å². The highest BCUT2D eigenvalue weighted by molar-refractivity contribution is 7.51. The molecule has 1 heterocycles. The fourth-order valence-corrected chi connectivity index (χ4v) is 2.13. The van der Waals surface area contributed by atoms with Crippen LogP contribution in [-0.4, -0.2) is 62.3 Å². The van der Waals surface area contributed by atoms with Crippen LogP contribution in [0.3, 0.4) is 0 Å². The predicted octanol–water partition coefficient (Wildman–Crippen LogP) is -2.35. The molecule has 0 radical (unpaired) electrons. The summed E-state index contributed by atoms with van der Waals surface area (Å²) in [6.07, 6.45) is -5.47. The normalized spacial score (nSPS) is 38.9. The smallest absolute Gasteiger partial charge is 0.328 e. The summed E-state index contributed by atoms with van der Waals surface area (Å²) >= 11 is 0. The zero-order valence-corrected chi connectivity index (χ0v) is 8.12. The van der Waals surface area contributed by atoms with Crippen molar-refractivity contribution in [2.45, 2.75) is 24.4 Å². The standard InChI is InChI=1S/C6H13O7P/c7-1-3-5(8)6(9)4(13-3)2-14(10,11)12/h3-9H,1-2H2,(H2,10,11,12)/t3-,4-,5-,6-/m1/s1. The summed E-state index contributed by atoms with van der Waals surface area (Å²) < 4.78 is 15.5. The van der Waals surface area contributed by atoms with Crippen molar-refractivity contribution in [3.8, 4) is 0 Å². The Balaban J connectivity index is 2.61. The molecule has 1 fully saturated rings. The van der Waals surface area contributed by atoms with E-state index in [1.54, 1.807) is 0 Å². The average Bonchev–Trinajstić information content (AvgIpc) is 2.30. The van der Waals surface area contributed by atoms with Crippen molar-refractivity contribution in [1.29, 1.82) is 0 Å². The van der Waals surface area contributed by atoms with Gasteiger partial charge in [-0.3, -0.25) is 4.57 Å². The highest BCUT2D eigenvalue weighted by atomic mass is 31.2. The zero-order chi connectivity index (χ0) is 10.9. The summed E-state index contributed by atoms with van der Waals surface area (Å²) in [4.78, 5) is 17.2. The second-order valence-corrected chi connectivity index (χ2v) is 4.92. The van der Waals surface area contributed by atoms with Crippen LogP contribution in [0.15, 0.2) is 0 Å². The van der Waals surface area contributed by atoms with E-state index in [2.05, 4.69) is 0 Å². The SMILES string of the molecule is O=P(O)(O)C[C@H]1O[C@H](CO)[C@@H](O)[C@@H]1O. The summed E-state index contributed by atoms with van der Waals surface area (Å²) in [5, 5.41) is 27.2. The number of hydrogen-bond donors (Lipinski definition) is 5. The molecular weight excluding hydrogens is 215 g/mol. The molecule has 0 aromatic heterocycles. The Morgan fingerprint density at radius 3 is 2.00 bits per heavy atom. The first-order valence-corrected chi connectivity index (χ1v) is 5.82. The van der Waals surface area contributed by atoms with Crippen LogP contribution < -0.4 is 0 Å². The first-order valence-electron chi connectivity index (χ1n) is 4.02. The van der Waals surface area contributed by atoms with Crippen LogP contribution in [0.4, 0.5) is 0 Å². The van der Waals surface area contributed by atoms with Gasteiger partial charge in [-0.1, -0.05) is 0 Å². The topological polar surface area (TPSA) is 127 Å². The van der Waals surface area contributed by atoms with Crippen molar-refractivity contribution in [3.05, 3.63) is 0 Å². The fourth-order valence-electron chi connectivity index (χ4n) is 1.36. The van der Waals surface area contributed by atoms with E-state index in [-0.39, 0.29) is 0 Å². The molecular formula is C6H13O7P. The molecule has 1 aliphatic heterocycles. The molecule has 14 heavy (non-hydrogen) atoms. The second-order valence-electron chi connectivity index (χ2n) is 3.22. The van der Waals surface area contributed by atoms with Crippen molar-refractivity contribution in [2.24, 2.45) is 0 Å². The molecule has 0 aromatic carbocycles. The van der Waals surface area contributed by atoms with Gasteiger partial charge in [0, 0.05) is 0 Å². The third kappa shape index (κ3) is 2.74. The Kier molecular flexibility index (Phi) is 3.65. The molecule has 1 rings (SSSR count). The lowest BCUT2D eigenvalue weighted by Crippen LogP contribution is -2.34. The largest absolute Gasteiger partial charge is 0.394 e.